The molecular weight excluding hydrogens is 344 g/mol. The van der Waals surface area contributed by atoms with E-state index in [4.69, 9.17) is 10.5 Å². The van der Waals surface area contributed by atoms with Gasteiger partial charge in [0.1, 0.15) is 0 Å². The van der Waals surface area contributed by atoms with E-state index in [1.165, 1.54) is 6.20 Å². The molecule has 0 saturated heterocycles. The number of hydrogen-bond acceptors (Lipinski definition) is 3. The number of fused-ring (bicyclic) bond motifs is 1. The van der Waals surface area contributed by atoms with Gasteiger partial charge in [-0.05, 0) is 18.2 Å². The summed E-state index contributed by atoms with van der Waals surface area (Å²) in [4.78, 5) is 4.00. The third kappa shape index (κ3) is 2.95. The smallest absolute Gasteiger partial charge is 0.340 e. The van der Waals surface area contributed by atoms with Gasteiger partial charge in [-0.3, -0.25) is 4.98 Å². The lowest BCUT2D eigenvalue weighted by molar-refractivity contribution is -0.148. The number of aromatic nitrogens is 1. The molecule has 3 nitrogen and oxygen atoms in total. The number of hydrogen-bond donors (Lipinski definition) is 1. The fourth-order valence-corrected chi connectivity index (χ4v) is 1.91. The van der Waals surface area contributed by atoms with Gasteiger partial charge in [0.15, 0.2) is 12.4 Å². The van der Waals surface area contributed by atoms with E-state index in [1.54, 1.807) is 18.2 Å². The Morgan fingerprint density at radius 2 is 2.05 bits per heavy atom. The van der Waals surface area contributed by atoms with Crippen molar-refractivity contribution < 1.29 is 22.3 Å². The molecule has 0 spiro atoms. The molecule has 2 N–H and O–H groups in total. The summed E-state index contributed by atoms with van der Waals surface area (Å²) in [5.41, 5.74) is 6.06. The van der Waals surface area contributed by atoms with E-state index in [0.717, 1.165) is 0 Å². The molecule has 20 heavy (non-hydrogen) atoms. The number of rotatable bonds is 4. The molecule has 8 heteroatoms. The number of nitrogens with two attached hydrogens (primary N) is 1. The van der Waals surface area contributed by atoms with Crippen molar-refractivity contribution in [3.63, 3.8) is 0 Å². The molecular formula is C12H9BrF4N2O. The number of benzene rings is 1. The maximum Gasteiger partial charge on any atom is 0.340 e. The molecule has 2 rings (SSSR count). The monoisotopic (exact) mass is 352 g/mol. The number of halogens is 5. The molecule has 0 aliphatic heterocycles. The van der Waals surface area contributed by atoms with Gasteiger partial charge in [-0.25, -0.2) is 8.78 Å². The maximum absolute atomic E-state index is 12.9. The van der Waals surface area contributed by atoms with Gasteiger partial charge >= 0.3 is 12.3 Å². The van der Waals surface area contributed by atoms with Gasteiger partial charge in [-0.2, -0.15) is 8.78 Å². The molecule has 0 unspecified atom stereocenters. The zero-order valence-electron chi connectivity index (χ0n) is 9.92. The van der Waals surface area contributed by atoms with Gasteiger partial charge in [0.05, 0.1) is 17.4 Å². The number of alkyl halides is 4. The number of nitrogen functional groups attached to an aromatic ring is 1. The first-order valence-electron chi connectivity index (χ1n) is 5.44. The van der Waals surface area contributed by atoms with Crippen molar-refractivity contribution in [1.29, 1.82) is 0 Å². The predicted octanol–water partition coefficient (Wildman–Crippen LogP) is 3.86. The summed E-state index contributed by atoms with van der Waals surface area (Å²) < 4.78 is 55.5. The highest BCUT2D eigenvalue weighted by Gasteiger charge is 2.42. The molecule has 0 saturated carbocycles. The molecule has 0 fully saturated rings. The molecule has 1 aromatic carbocycles. The summed E-state index contributed by atoms with van der Waals surface area (Å²) in [5, 5.41) is 0.365. The van der Waals surface area contributed by atoms with E-state index in [0.29, 0.717) is 15.4 Å². The largest absolute Gasteiger partial charge is 0.484 e. The Labute approximate surface area is 119 Å². The SMILES string of the molecule is Nc1cnc2ccc(Br)cc2c1OCC(F)(F)C(F)F. The number of ether oxygens (including phenoxy) is 1. The van der Waals surface area contributed by atoms with Crippen LogP contribution in [0.3, 0.4) is 0 Å². The Bertz CT molecular complexity index is 631. The fraction of sp³-hybridized carbons (Fsp3) is 0.250. The summed E-state index contributed by atoms with van der Waals surface area (Å²) in [6, 6.07) is 4.88. The van der Waals surface area contributed by atoms with Gasteiger partial charge in [0.2, 0.25) is 0 Å². The third-order valence-corrected chi connectivity index (χ3v) is 3.03. The van der Waals surface area contributed by atoms with Crippen LogP contribution in [0, 0.1) is 0 Å². The zero-order chi connectivity index (χ0) is 14.9. The molecule has 0 amide bonds. The Hall–Kier alpha value is -1.57. The number of nitrogens with zero attached hydrogens (tertiary/aromatic N) is 1. The number of pyridine rings is 1. The van der Waals surface area contributed by atoms with Crippen LogP contribution < -0.4 is 10.5 Å². The van der Waals surface area contributed by atoms with E-state index in [9.17, 15) is 17.6 Å². The molecule has 0 aliphatic carbocycles. The van der Waals surface area contributed by atoms with Crippen LogP contribution >= 0.6 is 15.9 Å². The summed E-state index contributed by atoms with van der Waals surface area (Å²) >= 11 is 3.21. The van der Waals surface area contributed by atoms with Crippen LogP contribution in [0.5, 0.6) is 5.75 Å². The topological polar surface area (TPSA) is 48.1 Å². The van der Waals surface area contributed by atoms with Crippen molar-refractivity contribution in [2.45, 2.75) is 12.3 Å². The lowest BCUT2D eigenvalue weighted by Gasteiger charge is -2.17. The van der Waals surface area contributed by atoms with E-state index in [-0.39, 0.29) is 11.4 Å². The minimum Gasteiger partial charge on any atom is -0.484 e. The van der Waals surface area contributed by atoms with E-state index in [2.05, 4.69) is 20.9 Å². The highest BCUT2D eigenvalue weighted by atomic mass is 79.9. The van der Waals surface area contributed by atoms with Gasteiger partial charge in [-0.15, -0.1) is 0 Å². The van der Waals surface area contributed by atoms with Crippen molar-refractivity contribution >= 4 is 32.5 Å². The predicted molar refractivity (Wildman–Crippen MR) is 70.3 cm³/mol. The average molecular weight is 353 g/mol. The summed E-state index contributed by atoms with van der Waals surface area (Å²) in [6.45, 7) is -1.46. The van der Waals surface area contributed by atoms with Crippen molar-refractivity contribution in [3.8, 4) is 5.75 Å². The van der Waals surface area contributed by atoms with Gasteiger partial charge in [-0.1, -0.05) is 15.9 Å². The molecule has 0 aliphatic rings. The van der Waals surface area contributed by atoms with Gasteiger partial charge in [0, 0.05) is 9.86 Å². The minimum absolute atomic E-state index is 0.000617. The zero-order valence-corrected chi connectivity index (χ0v) is 11.5. The first kappa shape index (κ1) is 14.8. The second-order valence-electron chi connectivity index (χ2n) is 4.05. The molecule has 1 aromatic heterocycles. The van der Waals surface area contributed by atoms with Crippen LogP contribution in [0.15, 0.2) is 28.9 Å². The molecule has 0 bridgehead atoms. The fourth-order valence-electron chi connectivity index (χ4n) is 1.55. The maximum atomic E-state index is 12.9. The van der Waals surface area contributed by atoms with Crippen LogP contribution in [-0.4, -0.2) is 23.9 Å². The molecule has 0 radical (unpaired) electrons. The Morgan fingerprint density at radius 1 is 1.35 bits per heavy atom. The highest BCUT2D eigenvalue weighted by molar-refractivity contribution is 9.10. The van der Waals surface area contributed by atoms with Gasteiger partial charge < -0.3 is 10.5 Å². The van der Waals surface area contributed by atoms with E-state index < -0.39 is 19.0 Å². The van der Waals surface area contributed by atoms with E-state index >= 15 is 0 Å². The molecule has 1 heterocycles. The van der Waals surface area contributed by atoms with Crippen molar-refractivity contribution in [3.05, 3.63) is 28.9 Å². The normalized spacial score (nSPS) is 12.1. The lowest BCUT2D eigenvalue weighted by Crippen LogP contribution is -2.33. The second kappa shape index (κ2) is 5.43. The molecule has 108 valence electrons. The van der Waals surface area contributed by atoms with Crippen molar-refractivity contribution in [2.24, 2.45) is 0 Å². The summed E-state index contributed by atoms with van der Waals surface area (Å²) in [7, 11) is 0. The molecule has 2 aromatic rings. The number of anilines is 1. The van der Waals surface area contributed by atoms with Crippen LogP contribution in [0.2, 0.25) is 0 Å². The standard InChI is InChI=1S/C12H9BrF4N2O/c13-6-1-2-9-7(3-6)10(8(18)4-19-9)20-5-12(16,17)11(14)15/h1-4,11H,5,18H2. The Morgan fingerprint density at radius 3 is 2.70 bits per heavy atom. The quantitative estimate of drug-likeness (QED) is 0.850. The first-order valence-corrected chi connectivity index (χ1v) is 6.23. The average Bonchev–Trinajstić information content (AvgIpc) is 2.37. The summed E-state index contributed by atoms with van der Waals surface area (Å²) in [6.07, 6.45) is -2.57. The first-order chi connectivity index (χ1) is 9.31. The van der Waals surface area contributed by atoms with Crippen LogP contribution in [0.1, 0.15) is 0 Å². The lowest BCUT2D eigenvalue weighted by atomic mass is 10.2. The van der Waals surface area contributed by atoms with Crippen molar-refractivity contribution in [1.82, 2.24) is 4.98 Å². The third-order valence-electron chi connectivity index (χ3n) is 2.54. The van der Waals surface area contributed by atoms with Crippen LogP contribution in [0.4, 0.5) is 23.2 Å². The Kier molecular flexibility index (Phi) is 4.03. The van der Waals surface area contributed by atoms with Crippen LogP contribution in [0.25, 0.3) is 10.9 Å². The Balaban J connectivity index is 2.38. The summed E-state index contributed by atoms with van der Waals surface area (Å²) in [5.74, 6) is -4.33. The van der Waals surface area contributed by atoms with Gasteiger partial charge in [0.25, 0.3) is 0 Å². The highest BCUT2D eigenvalue weighted by Crippen LogP contribution is 2.34. The minimum atomic E-state index is -4.24. The second-order valence-corrected chi connectivity index (χ2v) is 4.97. The van der Waals surface area contributed by atoms with E-state index in [1.807, 2.05) is 0 Å². The van der Waals surface area contributed by atoms with Crippen LogP contribution in [-0.2, 0) is 0 Å². The van der Waals surface area contributed by atoms with Crippen molar-refractivity contribution in [2.75, 3.05) is 12.3 Å². The molecule has 0 atom stereocenters.